The molecule has 0 aliphatic heterocycles. The third-order valence-corrected chi connectivity index (χ3v) is 12.4. The van der Waals surface area contributed by atoms with Crippen molar-refractivity contribution in [3.05, 3.63) is 223 Å². The van der Waals surface area contributed by atoms with Crippen LogP contribution in [0, 0.1) is 13.8 Å². The highest BCUT2D eigenvalue weighted by Crippen LogP contribution is 2.46. The van der Waals surface area contributed by atoms with Gasteiger partial charge in [0.25, 0.3) is 0 Å². The Hall–Kier alpha value is -7.88. The SMILES string of the molecule is Cc1cccc(N(c2ccccc2)c2ccc3cc4c5cc(-c6ccccc6)cc6c7cc8ccc(N(c9ccccc9)c9cccc(C)c9)cc8cc7n(c4cc3c2)c56)c1. The zero-order valence-electron chi connectivity index (χ0n) is 34.0. The van der Waals surface area contributed by atoms with Gasteiger partial charge in [-0.25, -0.2) is 0 Å². The molecule has 3 nitrogen and oxygen atoms in total. The van der Waals surface area contributed by atoms with Crippen molar-refractivity contribution in [3.8, 4) is 11.1 Å². The van der Waals surface area contributed by atoms with E-state index in [9.17, 15) is 0 Å². The maximum atomic E-state index is 2.54. The lowest BCUT2D eigenvalue weighted by Gasteiger charge is -2.26. The molecule has 0 radical (unpaired) electrons. The molecule has 2 heterocycles. The smallest absolute Gasteiger partial charge is 0.0620 e. The van der Waals surface area contributed by atoms with Crippen LogP contribution in [0.2, 0.25) is 0 Å². The topological polar surface area (TPSA) is 10.9 Å². The number of hydrogen-bond acceptors (Lipinski definition) is 2. The lowest BCUT2D eigenvalue weighted by Crippen LogP contribution is -2.09. The number of aromatic nitrogens is 1. The van der Waals surface area contributed by atoms with E-state index in [1.807, 2.05) is 0 Å². The molecule has 0 amide bonds. The van der Waals surface area contributed by atoms with Crippen LogP contribution in [0.1, 0.15) is 11.1 Å². The molecule has 12 rings (SSSR count). The summed E-state index contributed by atoms with van der Waals surface area (Å²) in [7, 11) is 0. The van der Waals surface area contributed by atoms with Crippen molar-refractivity contribution in [2.45, 2.75) is 13.8 Å². The van der Waals surface area contributed by atoms with Crippen molar-refractivity contribution in [3.63, 3.8) is 0 Å². The van der Waals surface area contributed by atoms with E-state index in [0.29, 0.717) is 0 Å². The van der Waals surface area contributed by atoms with Gasteiger partial charge in [0, 0.05) is 55.7 Å². The summed E-state index contributed by atoms with van der Waals surface area (Å²) in [6.45, 7) is 4.32. The summed E-state index contributed by atoms with van der Waals surface area (Å²) < 4.78 is 2.54. The summed E-state index contributed by atoms with van der Waals surface area (Å²) in [5, 5.41) is 9.94. The zero-order chi connectivity index (χ0) is 40.6. The van der Waals surface area contributed by atoms with Gasteiger partial charge in [-0.3, -0.25) is 0 Å². The van der Waals surface area contributed by atoms with Crippen LogP contribution in [0.25, 0.3) is 70.8 Å². The van der Waals surface area contributed by atoms with Crippen LogP contribution in [0.3, 0.4) is 0 Å². The van der Waals surface area contributed by atoms with Crippen molar-refractivity contribution >= 4 is 93.8 Å². The molecule has 10 aromatic carbocycles. The van der Waals surface area contributed by atoms with Gasteiger partial charge in [0.05, 0.1) is 16.6 Å². The lowest BCUT2D eigenvalue weighted by molar-refractivity contribution is 1.28. The Kier molecular flexibility index (Phi) is 7.98. The molecule has 3 heteroatoms. The molecule has 0 aliphatic rings. The molecule has 0 saturated heterocycles. The van der Waals surface area contributed by atoms with E-state index < -0.39 is 0 Å². The Morgan fingerprint density at radius 1 is 0.295 bits per heavy atom. The van der Waals surface area contributed by atoms with Crippen LogP contribution in [-0.2, 0) is 0 Å². The van der Waals surface area contributed by atoms with Crippen molar-refractivity contribution < 1.29 is 0 Å². The minimum atomic E-state index is 1.13. The predicted octanol–water partition coefficient (Wildman–Crippen LogP) is 16.4. The Bertz CT molecular complexity index is 3390. The van der Waals surface area contributed by atoms with Gasteiger partial charge in [-0.1, -0.05) is 103 Å². The van der Waals surface area contributed by atoms with E-state index >= 15 is 0 Å². The van der Waals surface area contributed by atoms with E-state index in [1.165, 1.54) is 81.9 Å². The fraction of sp³-hybridized carbons (Fsp3) is 0.0345. The molecule has 61 heavy (non-hydrogen) atoms. The van der Waals surface area contributed by atoms with Gasteiger partial charge < -0.3 is 14.2 Å². The number of hydrogen-bond donors (Lipinski definition) is 0. The number of aryl methyl sites for hydroxylation is 2. The highest BCUT2D eigenvalue weighted by molar-refractivity contribution is 6.27. The average molecular weight is 780 g/mol. The van der Waals surface area contributed by atoms with Crippen LogP contribution in [-0.4, -0.2) is 4.40 Å². The van der Waals surface area contributed by atoms with Crippen LogP contribution >= 0.6 is 0 Å². The van der Waals surface area contributed by atoms with Crippen LogP contribution in [0.4, 0.5) is 34.1 Å². The highest BCUT2D eigenvalue weighted by atomic mass is 15.1. The first-order chi connectivity index (χ1) is 30.0. The van der Waals surface area contributed by atoms with Crippen LogP contribution in [0.15, 0.2) is 212 Å². The minimum absolute atomic E-state index is 1.13. The van der Waals surface area contributed by atoms with E-state index in [4.69, 9.17) is 0 Å². The number of benzene rings is 10. The third kappa shape index (κ3) is 5.81. The molecule has 0 fully saturated rings. The largest absolute Gasteiger partial charge is 0.310 e. The molecule has 0 unspecified atom stereocenters. The first-order valence-corrected chi connectivity index (χ1v) is 21.1. The summed E-state index contributed by atoms with van der Waals surface area (Å²) in [6, 6.07) is 78.1. The molecule has 12 aromatic rings. The Morgan fingerprint density at radius 3 is 1.18 bits per heavy atom. The molecule has 288 valence electrons. The second-order valence-electron chi connectivity index (χ2n) is 16.4. The number of nitrogens with zero attached hydrogens (tertiary/aromatic N) is 3. The van der Waals surface area contributed by atoms with Gasteiger partial charge in [0.1, 0.15) is 0 Å². The number of fused-ring (bicyclic) bond motifs is 8. The first kappa shape index (κ1) is 35.1. The molecule has 2 aromatic heterocycles. The molecule has 0 bridgehead atoms. The van der Waals surface area contributed by atoms with E-state index in [1.54, 1.807) is 0 Å². The molecule has 0 atom stereocenters. The lowest BCUT2D eigenvalue weighted by atomic mass is 9.97. The first-order valence-electron chi connectivity index (χ1n) is 21.1. The molecule has 0 N–H and O–H groups in total. The molecule has 0 aliphatic carbocycles. The zero-order valence-corrected chi connectivity index (χ0v) is 34.0. The van der Waals surface area contributed by atoms with Gasteiger partial charge in [-0.05, 0) is 167 Å². The average Bonchev–Trinajstić information content (AvgIpc) is 3.79. The maximum Gasteiger partial charge on any atom is 0.0620 e. The summed E-state index contributed by atoms with van der Waals surface area (Å²) in [6.07, 6.45) is 0. The second-order valence-corrected chi connectivity index (χ2v) is 16.4. The van der Waals surface area contributed by atoms with Crippen LogP contribution in [0.5, 0.6) is 0 Å². The number of anilines is 6. The van der Waals surface area contributed by atoms with Crippen molar-refractivity contribution in [1.29, 1.82) is 0 Å². The van der Waals surface area contributed by atoms with Crippen molar-refractivity contribution in [2.75, 3.05) is 9.80 Å². The normalized spacial score (nSPS) is 11.8. The van der Waals surface area contributed by atoms with E-state index in [-0.39, 0.29) is 0 Å². The van der Waals surface area contributed by atoms with Crippen LogP contribution < -0.4 is 9.80 Å². The third-order valence-electron chi connectivity index (χ3n) is 12.4. The predicted molar refractivity (Wildman–Crippen MR) is 260 cm³/mol. The van der Waals surface area contributed by atoms with Gasteiger partial charge >= 0.3 is 0 Å². The Balaban J connectivity index is 1.11. The fourth-order valence-electron chi connectivity index (χ4n) is 9.66. The Morgan fingerprint density at radius 2 is 0.721 bits per heavy atom. The van der Waals surface area contributed by atoms with Gasteiger partial charge in [-0.15, -0.1) is 0 Å². The summed E-state index contributed by atoms with van der Waals surface area (Å²) in [5.41, 5.74) is 15.4. The quantitative estimate of drug-likeness (QED) is 0.160. The van der Waals surface area contributed by atoms with Gasteiger partial charge in [0.2, 0.25) is 0 Å². The minimum Gasteiger partial charge on any atom is -0.310 e. The van der Waals surface area contributed by atoms with Gasteiger partial charge in [-0.2, -0.15) is 0 Å². The summed E-state index contributed by atoms with van der Waals surface area (Å²) >= 11 is 0. The fourth-order valence-corrected chi connectivity index (χ4v) is 9.66. The molecular weight excluding hydrogens is 739 g/mol. The van der Waals surface area contributed by atoms with Crippen molar-refractivity contribution in [2.24, 2.45) is 0 Å². The summed E-state index contributed by atoms with van der Waals surface area (Å²) in [5.74, 6) is 0. The second kappa shape index (κ2) is 13.9. The van der Waals surface area contributed by atoms with Gasteiger partial charge in [0.15, 0.2) is 0 Å². The molecule has 0 saturated carbocycles. The highest BCUT2D eigenvalue weighted by Gasteiger charge is 2.22. The van der Waals surface area contributed by atoms with Crippen molar-refractivity contribution in [1.82, 2.24) is 4.40 Å². The summed E-state index contributed by atoms with van der Waals surface area (Å²) in [4.78, 5) is 4.73. The standard InChI is InChI=1S/C58H41N3/c1-38-14-12-22-48(28-38)59(46-18-8-4-9-19-46)50-26-24-41-32-52-54-34-45(40-16-6-3-7-17-40)35-55-53-33-42-25-27-51(60(47-20-10-5-11-21-47)49-23-13-15-39(2)29-49)31-44(42)37-57(53)61(58(54)55)56(52)36-43(41)30-50/h3-37H,1-2H3. The van der Waals surface area contributed by atoms with E-state index in [2.05, 4.69) is 240 Å². The maximum absolute atomic E-state index is 2.54. The monoisotopic (exact) mass is 779 g/mol. The van der Waals surface area contributed by atoms with E-state index in [0.717, 1.165) is 34.1 Å². The number of para-hydroxylation sites is 2. The number of rotatable bonds is 7. The Labute approximate surface area is 354 Å². The molecular formula is C58H41N3. The molecule has 0 spiro atoms.